The highest BCUT2D eigenvalue weighted by Gasteiger charge is 2.20. The molecule has 1 N–H and O–H groups in total. The normalized spacial score (nSPS) is 14.3. The van der Waals surface area contributed by atoms with Gasteiger partial charge in [0.2, 0.25) is 0 Å². The van der Waals surface area contributed by atoms with Crippen molar-refractivity contribution in [2.75, 3.05) is 0 Å². The van der Waals surface area contributed by atoms with Gasteiger partial charge in [0, 0.05) is 16.0 Å². The summed E-state index contributed by atoms with van der Waals surface area (Å²) in [5.41, 5.74) is 1.67. The maximum atomic E-state index is 6.39. The summed E-state index contributed by atoms with van der Waals surface area (Å²) in [5, 5.41) is 5.17. The van der Waals surface area contributed by atoms with E-state index in [1.54, 1.807) is 6.07 Å². The summed E-state index contributed by atoms with van der Waals surface area (Å²) in [4.78, 5) is 0. The molecule has 0 aliphatic carbocycles. The van der Waals surface area contributed by atoms with Crippen molar-refractivity contribution < 1.29 is 0 Å². The van der Waals surface area contributed by atoms with Crippen molar-refractivity contribution in [3.63, 3.8) is 0 Å². The van der Waals surface area contributed by atoms with Crippen LogP contribution in [0.15, 0.2) is 35.8 Å². The van der Waals surface area contributed by atoms with E-state index < -0.39 is 0 Å². The van der Waals surface area contributed by atoms with Gasteiger partial charge in [-0.2, -0.15) is 0 Å². The molecule has 6 heteroatoms. The molecule has 0 radical (unpaired) electrons. The average Bonchev–Trinajstić information content (AvgIpc) is 2.46. The van der Waals surface area contributed by atoms with Gasteiger partial charge >= 0.3 is 0 Å². The topological polar surface area (TPSA) is 12.0 Å². The molecular weight excluding hydrogens is 356 g/mol. The number of benzene rings is 2. The molecule has 20 heavy (non-hydrogen) atoms. The molecule has 0 saturated carbocycles. The first kappa shape index (κ1) is 14.4. The van der Waals surface area contributed by atoms with E-state index >= 15 is 0 Å². The van der Waals surface area contributed by atoms with Crippen molar-refractivity contribution in [2.45, 2.75) is 0 Å². The molecule has 0 unspecified atom stereocenters. The van der Waals surface area contributed by atoms with Gasteiger partial charge in [0.25, 0.3) is 0 Å². The molecule has 0 aromatic heterocycles. The Kier molecular flexibility index (Phi) is 4.11. The predicted molar refractivity (Wildman–Crippen MR) is 91.8 cm³/mol. The van der Waals surface area contributed by atoms with Crippen LogP contribution in [-0.4, -0.2) is 0 Å². The maximum Gasteiger partial charge on any atom is 0.0792 e. The standard InChI is InChI=1S/C14H7Cl4NS/c15-8-4-1-3-7-10(8)12(16)14(18)13(17)11(7)9-5-2-6-20-19-9/h1-6,19H. The lowest BCUT2D eigenvalue weighted by atomic mass is 10.0. The number of allylic oxidation sites excluding steroid dienone is 2. The quantitative estimate of drug-likeness (QED) is 0.455. The van der Waals surface area contributed by atoms with Crippen LogP contribution >= 0.6 is 58.4 Å². The molecule has 0 spiro atoms. The molecule has 0 bridgehead atoms. The van der Waals surface area contributed by atoms with E-state index in [9.17, 15) is 0 Å². The number of hydrogen-bond donors (Lipinski definition) is 1. The van der Waals surface area contributed by atoms with Gasteiger partial charge in [-0.05, 0) is 34.9 Å². The van der Waals surface area contributed by atoms with Crippen molar-refractivity contribution >= 4 is 74.8 Å². The van der Waals surface area contributed by atoms with Gasteiger partial charge in [0.05, 0.1) is 20.8 Å². The molecule has 2 aromatic carbocycles. The van der Waals surface area contributed by atoms with Crippen molar-refractivity contribution in [3.8, 4) is 0 Å². The lowest BCUT2D eigenvalue weighted by Gasteiger charge is -2.18. The largest absolute Gasteiger partial charge is 0.325 e. The number of halogens is 4. The SMILES string of the molecule is Clc1c(Cl)c(Cl)c2c(Cl)cccc2c1C1=CC=CSN1. The Morgan fingerprint density at radius 2 is 1.75 bits per heavy atom. The minimum atomic E-state index is 0.311. The second kappa shape index (κ2) is 5.70. The summed E-state index contributed by atoms with van der Waals surface area (Å²) >= 11 is 26.6. The van der Waals surface area contributed by atoms with Gasteiger partial charge in [-0.25, -0.2) is 0 Å². The van der Waals surface area contributed by atoms with Crippen LogP contribution in [0, 0.1) is 0 Å². The highest BCUT2D eigenvalue weighted by atomic mass is 35.5. The lowest BCUT2D eigenvalue weighted by Crippen LogP contribution is -2.05. The maximum absolute atomic E-state index is 6.39. The van der Waals surface area contributed by atoms with Crippen molar-refractivity contribution in [2.24, 2.45) is 0 Å². The fraction of sp³-hybridized carbons (Fsp3) is 0. The van der Waals surface area contributed by atoms with E-state index in [0.29, 0.717) is 25.5 Å². The summed E-state index contributed by atoms with van der Waals surface area (Å²) in [6, 6.07) is 5.57. The Morgan fingerprint density at radius 3 is 2.45 bits per heavy atom. The van der Waals surface area contributed by atoms with Gasteiger partial charge in [-0.15, -0.1) is 0 Å². The average molecular weight is 363 g/mol. The third-order valence-corrected chi connectivity index (χ3v) is 5.23. The molecule has 1 aliphatic heterocycles. The fourth-order valence-corrected chi connectivity index (χ4v) is 3.77. The van der Waals surface area contributed by atoms with Gasteiger partial charge in [-0.3, -0.25) is 0 Å². The van der Waals surface area contributed by atoms with Gasteiger partial charge in [-0.1, -0.05) is 64.6 Å². The Hall–Kier alpha value is -0.510. The molecule has 0 atom stereocenters. The Labute approximate surface area is 140 Å². The number of hydrogen-bond acceptors (Lipinski definition) is 2. The summed E-state index contributed by atoms with van der Waals surface area (Å²) in [6.07, 6.45) is 3.87. The van der Waals surface area contributed by atoms with Crippen molar-refractivity contribution in [3.05, 3.63) is 61.4 Å². The number of nitrogens with one attached hydrogen (secondary N) is 1. The van der Waals surface area contributed by atoms with E-state index in [-0.39, 0.29) is 0 Å². The Morgan fingerprint density at radius 1 is 0.950 bits per heavy atom. The molecule has 1 aliphatic rings. The van der Waals surface area contributed by atoms with Crippen LogP contribution < -0.4 is 4.72 Å². The molecule has 0 saturated heterocycles. The minimum absolute atomic E-state index is 0.311. The Bertz CT molecular complexity index is 768. The van der Waals surface area contributed by atoms with Gasteiger partial charge in [0.15, 0.2) is 0 Å². The molecular formula is C14H7Cl4NS. The summed E-state index contributed by atoms with van der Waals surface area (Å²) < 4.78 is 3.20. The number of fused-ring (bicyclic) bond motifs is 1. The molecule has 3 rings (SSSR count). The van der Waals surface area contributed by atoms with Crippen molar-refractivity contribution in [1.82, 2.24) is 4.72 Å². The van der Waals surface area contributed by atoms with Crippen LogP contribution in [0.2, 0.25) is 20.1 Å². The van der Waals surface area contributed by atoms with Crippen LogP contribution in [0.3, 0.4) is 0 Å². The van der Waals surface area contributed by atoms with Gasteiger partial charge in [0.1, 0.15) is 0 Å². The van der Waals surface area contributed by atoms with Gasteiger partial charge < -0.3 is 4.72 Å². The molecule has 0 fully saturated rings. The van der Waals surface area contributed by atoms with E-state index in [0.717, 1.165) is 16.6 Å². The molecule has 1 nitrogen and oxygen atoms in total. The lowest BCUT2D eigenvalue weighted by molar-refractivity contribution is 1.42. The molecule has 0 amide bonds. The second-order valence-corrected chi connectivity index (χ2v) is 6.36. The molecule has 1 heterocycles. The van der Waals surface area contributed by atoms with Crippen LogP contribution in [0.1, 0.15) is 5.56 Å². The Balaban J connectivity index is 2.45. The summed E-state index contributed by atoms with van der Waals surface area (Å²) in [7, 11) is 0. The minimum Gasteiger partial charge on any atom is -0.325 e. The first-order chi connectivity index (χ1) is 9.61. The fourth-order valence-electron chi connectivity index (χ4n) is 2.09. The zero-order chi connectivity index (χ0) is 14.3. The summed E-state index contributed by atoms with van der Waals surface area (Å²) in [5.74, 6) is 0. The molecule has 102 valence electrons. The third-order valence-electron chi connectivity index (χ3n) is 2.96. The smallest absolute Gasteiger partial charge is 0.0792 e. The van der Waals surface area contributed by atoms with E-state index in [2.05, 4.69) is 4.72 Å². The first-order valence-electron chi connectivity index (χ1n) is 5.65. The first-order valence-corrected chi connectivity index (χ1v) is 8.04. The monoisotopic (exact) mass is 361 g/mol. The third kappa shape index (κ3) is 2.30. The predicted octanol–water partition coefficient (Wildman–Crippen LogP) is 6.56. The van der Waals surface area contributed by atoms with E-state index in [1.807, 2.05) is 29.7 Å². The van der Waals surface area contributed by atoms with Crippen LogP contribution in [0.4, 0.5) is 0 Å². The highest BCUT2D eigenvalue weighted by Crippen LogP contribution is 2.45. The van der Waals surface area contributed by atoms with Crippen molar-refractivity contribution in [1.29, 1.82) is 0 Å². The molecule has 2 aromatic rings. The van der Waals surface area contributed by atoms with E-state index in [4.69, 9.17) is 46.4 Å². The van der Waals surface area contributed by atoms with Crippen LogP contribution in [0.25, 0.3) is 16.5 Å². The van der Waals surface area contributed by atoms with Crippen LogP contribution in [-0.2, 0) is 0 Å². The zero-order valence-electron chi connectivity index (χ0n) is 9.88. The van der Waals surface area contributed by atoms with Crippen LogP contribution in [0.5, 0.6) is 0 Å². The highest BCUT2D eigenvalue weighted by molar-refractivity contribution is 8.00. The second-order valence-electron chi connectivity index (χ2n) is 4.11. The van der Waals surface area contributed by atoms with E-state index in [1.165, 1.54) is 11.9 Å². The summed E-state index contributed by atoms with van der Waals surface area (Å²) in [6.45, 7) is 0. The number of rotatable bonds is 1. The zero-order valence-corrected chi connectivity index (χ0v) is 13.7.